The first-order valence-electron chi connectivity index (χ1n) is 11.5. The Morgan fingerprint density at radius 3 is 2.84 bits per heavy atom. The maximum atomic E-state index is 14.9. The molecule has 4 fully saturated rings. The van der Waals surface area contributed by atoms with Crippen molar-refractivity contribution in [2.45, 2.75) is 55.8 Å². The molecule has 0 aliphatic carbocycles. The van der Waals surface area contributed by atoms with E-state index in [0.717, 1.165) is 58.3 Å². The molecule has 2 aromatic heterocycles. The standard InChI is InChI=1S/C22H28ClFN6O2/c1-31-15-7-22(5-2-6-30(22)11-15)12-32-21-27-18-16(8-25-19(23)17(18)24)20(28-21)29-9-13-3-4-14(10-29)26-13/h8,13-15,26H,2-7,9-12H2,1H3. The smallest absolute Gasteiger partial charge is 0.319 e. The minimum Gasteiger partial charge on any atom is -0.461 e. The van der Waals surface area contributed by atoms with Gasteiger partial charge in [0, 0.05) is 45.0 Å². The molecular formula is C22H28ClFN6O2. The zero-order valence-electron chi connectivity index (χ0n) is 18.2. The third kappa shape index (κ3) is 3.41. The number of anilines is 1. The number of halogens is 2. The Labute approximate surface area is 191 Å². The number of hydrogen-bond acceptors (Lipinski definition) is 8. The van der Waals surface area contributed by atoms with E-state index in [1.165, 1.54) is 0 Å². The lowest BCUT2D eigenvalue weighted by Crippen LogP contribution is -2.51. The van der Waals surface area contributed by atoms with Gasteiger partial charge < -0.3 is 19.7 Å². The molecule has 32 heavy (non-hydrogen) atoms. The van der Waals surface area contributed by atoms with Gasteiger partial charge in [-0.3, -0.25) is 4.90 Å². The molecule has 0 amide bonds. The van der Waals surface area contributed by atoms with Crippen LogP contribution in [0.2, 0.25) is 5.15 Å². The average molecular weight is 463 g/mol. The summed E-state index contributed by atoms with van der Waals surface area (Å²) in [6, 6.07) is 1.04. The zero-order valence-corrected chi connectivity index (χ0v) is 18.9. The number of hydrogen-bond donors (Lipinski definition) is 1. The number of methoxy groups -OCH3 is 1. The molecule has 4 atom stereocenters. The van der Waals surface area contributed by atoms with Gasteiger partial charge in [-0.05, 0) is 38.6 Å². The molecule has 6 heterocycles. The Bertz CT molecular complexity index is 1030. The molecule has 0 spiro atoms. The fraction of sp³-hybridized carbons (Fsp3) is 0.682. The molecule has 0 radical (unpaired) electrons. The Morgan fingerprint density at radius 1 is 1.25 bits per heavy atom. The van der Waals surface area contributed by atoms with Crippen molar-refractivity contribution in [1.29, 1.82) is 0 Å². The first kappa shape index (κ1) is 20.8. The summed E-state index contributed by atoms with van der Waals surface area (Å²) in [7, 11) is 1.77. The number of fused-ring (bicyclic) bond motifs is 4. The van der Waals surface area contributed by atoms with Crippen LogP contribution in [0, 0.1) is 5.82 Å². The molecule has 0 aromatic carbocycles. The van der Waals surface area contributed by atoms with Gasteiger partial charge in [-0.25, -0.2) is 9.37 Å². The van der Waals surface area contributed by atoms with Crippen molar-refractivity contribution >= 4 is 28.3 Å². The van der Waals surface area contributed by atoms with E-state index in [9.17, 15) is 4.39 Å². The molecule has 172 valence electrons. The van der Waals surface area contributed by atoms with Crippen molar-refractivity contribution in [3.05, 3.63) is 17.2 Å². The topological polar surface area (TPSA) is 75.6 Å². The van der Waals surface area contributed by atoms with E-state index in [-0.39, 0.29) is 28.3 Å². The van der Waals surface area contributed by atoms with Crippen LogP contribution in [-0.2, 0) is 4.74 Å². The number of rotatable bonds is 5. The summed E-state index contributed by atoms with van der Waals surface area (Å²) < 4.78 is 26.8. The summed E-state index contributed by atoms with van der Waals surface area (Å²) in [6.45, 7) is 4.07. The lowest BCUT2D eigenvalue weighted by Gasteiger charge is -2.34. The van der Waals surface area contributed by atoms with Gasteiger partial charge in [0.2, 0.25) is 0 Å². The molecule has 0 saturated carbocycles. The summed E-state index contributed by atoms with van der Waals surface area (Å²) in [5.74, 6) is 0.0465. The number of piperazine rings is 1. The van der Waals surface area contributed by atoms with Crippen molar-refractivity contribution in [2.75, 3.05) is 44.8 Å². The summed E-state index contributed by atoms with van der Waals surface area (Å²) in [6.07, 6.45) is 7.19. The summed E-state index contributed by atoms with van der Waals surface area (Å²) >= 11 is 5.99. The van der Waals surface area contributed by atoms with Crippen molar-refractivity contribution in [3.63, 3.8) is 0 Å². The maximum Gasteiger partial charge on any atom is 0.319 e. The third-order valence-corrected chi connectivity index (χ3v) is 7.96. The summed E-state index contributed by atoms with van der Waals surface area (Å²) in [4.78, 5) is 17.9. The van der Waals surface area contributed by atoms with Gasteiger partial charge in [-0.1, -0.05) is 11.6 Å². The predicted octanol–water partition coefficient (Wildman–Crippen LogP) is 2.39. The van der Waals surface area contributed by atoms with Gasteiger partial charge in [-0.15, -0.1) is 0 Å². The van der Waals surface area contributed by atoms with Crippen molar-refractivity contribution in [3.8, 4) is 6.01 Å². The van der Waals surface area contributed by atoms with E-state index < -0.39 is 5.82 Å². The van der Waals surface area contributed by atoms with Crippen LogP contribution in [0.4, 0.5) is 10.2 Å². The second-order valence-corrected chi connectivity index (χ2v) is 9.98. The molecule has 4 saturated heterocycles. The van der Waals surface area contributed by atoms with Gasteiger partial charge in [0.05, 0.1) is 17.0 Å². The first-order valence-corrected chi connectivity index (χ1v) is 11.9. The van der Waals surface area contributed by atoms with Gasteiger partial charge in [0.25, 0.3) is 0 Å². The fourth-order valence-electron chi connectivity index (χ4n) is 6.10. The normalized spacial score (nSPS) is 32.1. The molecule has 2 aromatic rings. The van der Waals surface area contributed by atoms with E-state index >= 15 is 0 Å². The van der Waals surface area contributed by atoms with Crippen LogP contribution in [0.3, 0.4) is 0 Å². The number of nitrogens with zero attached hydrogens (tertiary/aromatic N) is 5. The second-order valence-electron chi connectivity index (χ2n) is 9.62. The maximum absolute atomic E-state index is 14.9. The van der Waals surface area contributed by atoms with Crippen LogP contribution in [-0.4, -0.2) is 83.5 Å². The summed E-state index contributed by atoms with van der Waals surface area (Å²) in [5, 5.41) is 4.01. The predicted molar refractivity (Wildman–Crippen MR) is 119 cm³/mol. The number of nitrogens with one attached hydrogen (secondary N) is 1. The molecule has 4 aliphatic heterocycles. The quantitative estimate of drug-likeness (QED) is 0.679. The molecule has 4 aliphatic rings. The third-order valence-electron chi connectivity index (χ3n) is 7.69. The van der Waals surface area contributed by atoms with E-state index in [1.807, 2.05) is 0 Å². The highest BCUT2D eigenvalue weighted by atomic mass is 35.5. The monoisotopic (exact) mass is 462 g/mol. The van der Waals surface area contributed by atoms with E-state index in [4.69, 9.17) is 26.1 Å². The van der Waals surface area contributed by atoms with Crippen LogP contribution in [0.15, 0.2) is 6.20 Å². The molecule has 8 nitrogen and oxygen atoms in total. The Hall–Kier alpha value is -1.81. The highest BCUT2D eigenvalue weighted by Crippen LogP contribution is 2.40. The van der Waals surface area contributed by atoms with E-state index in [2.05, 4.69) is 25.1 Å². The highest BCUT2D eigenvalue weighted by Gasteiger charge is 2.49. The Balaban J connectivity index is 1.34. The zero-order chi connectivity index (χ0) is 21.9. The lowest BCUT2D eigenvalue weighted by molar-refractivity contribution is 0.0997. The van der Waals surface area contributed by atoms with Crippen molar-refractivity contribution in [2.24, 2.45) is 0 Å². The highest BCUT2D eigenvalue weighted by molar-refractivity contribution is 6.30. The molecule has 6 rings (SSSR count). The average Bonchev–Trinajstić information content (AvgIpc) is 3.46. The molecule has 2 bridgehead atoms. The fourth-order valence-corrected chi connectivity index (χ4v) is 6.24. The van der Waals surface area contributed by atoms with Crippen LogP contribution >= 0.6 is 11.6 Å². The Morgan fingerprint density at radius 2 is 2.06 bits per heavy atom. The van der Waals surface area contributed by atoms with Gasteiger partial charge in [0.15, 0.2) is 11.0 Å². The summed E-state index contributed by atoms with van der Waals surface area (Å²) in [5.41, 5.74) is 0.0970. The van der Waals surface area contributed by atoms with E-state index in [0.29, 0.717) is 29.9 Å². The van der Waals surface area contributed by atoms with E-state index in [1.54, 1.807) is 13.3 Å². The second kappa shape index (κ2) is 7.90. The van der Waals surface area contributed by atoms with Gasteiger partial charge in [-0.2, -0.15) is 9.97 Å². The van der Waals surface area contributed by atoms with Crippen LogP contribution < -0.4 is 15.0 Å². The molecular weight excluding hydrogens is 435 g/mol. The number of aromatic nitrogens is 3. The number of ether oxygens (including phenoxy) is 2. The first-order chi connectivity index (χ1) is 15.5. The molecule has 10 heteroatoms. The van der Waals surface area contributed by atoms with Crippen molar-refractivity contribution in [1.82, 2.24) is 25.2 Å². The number of pyridine rings is 1. The van der Waals surface area contributed by atoms with Crippen LogP contribution in [0.1, 0.15) is 32.1 Å². The SMILES string of the molecule is COC1CN2CCCC2(COc2nc(N3CC4CCC(C3)N4)c3cnc(Cl)c(F)c3n2)C1. The van der Waals surface area contributed by atoms with Crippen LogP contribution in [0.5, 0.6) is 6.01 Å². The minimum absolute atomic E-state index is 0.0677. The lowest BCUT2D eigenvalue weighted by atomic mass is 9.94. The Kier molecular flexibility index (Phi) is 5.13. The molecule has 4 unspecified atom stereocenters. The van der Waals surface area contributed by atoms with Gasteiger partial charge in [0.1, 0.15) is 17.9 Å². The largest absolute Gasteiger partial charge is 0.461 e. The van der Waals surface area contributed by atoms with Crippen molar-refractivity contribution < 1.29 is 13.9 Å². The van der Waals surface area contributed by atoms with Gasteiger partial charge >= 0.3 is 6.01 Å². The van der Waals surface area contributed by atoms with Crippen LogP contribution in [0.25, 0.3) is 10.9 Å². The molecule has 1 N–H and O–H groups in total. The minimum atomic E-state index is -0.628.